The molecule has 2 aliphatic rings. The lowest BCUT2D eigenvalue weighted by atomic mass is 10.1. The van der Waals surface area contributed by atoms with Gasteiger partial charge in [0.15, 0.2) is 17.6 Å². The van der Waals surface area contributed by atoms with E-state index in [-0.39, 0.29) is 6.10 Å². The summed E-state index contributed by atoms with van der Waals surface area (Å²) < 4.78 is 18.4. The number of likely N-dealkylation sites (tertiary alicyclic amines) is 1. The van der Waals surface area contributed by atoms with Crippen LogP contribution >= 0.6 is 0 Å². The number of fused-ring (bicyclic) bond motifs is 1. The highest BCUT2D eigenvalue weighted by molar-refractivity contribution is 5.40. The summed E-state index contributed by atoms with van der Waals surface area (Å²) in [5.74, 6) is 1.53. The van der Waals surface area contributed by atoms with Crippen LogP contribution in [-0.4, -0.2) is 61.3 Å². The zero-order chi connectivity index (χ0) is 19.2. The first-order chi connectivity index (χ1) is 13.7. The first-order valence-corrected chi connectivity index (χ1v) is 10.3. The molecule has 2 aromatic carbocycles. The number of quaternary nitrogens is 1. The topological polar surface area (TPSA) is 47.9 Å². The molecule has 0 bridgehead atoms. The molecule has 1 fully saturated rings. The van der Waals surface area contributed by atoms with Crippen molar-refractivity contribution in [2.45, 2.75) is 31.6 Å². The van der Waals surface area contributed by atoms with Gasteiger partial charge in [-0.1, -0.05) is 42.5 Å². The summed E-state index contributed by atoms with van der Waals surface area (Å²) in [6.45, 7) is 5.19. The van der Waals surface area contributed by atoms with Gasteiger partial charge in [0, 0.05) is 18.4 Å². The van der Waals surface area contributed by atoms with Crippen LogP contribution in [0.15, 0.2) is 54.6 Å². The highest BCUT2D eigenvalue weighted by atomic mass is 16.6. The summed E-state index contributed by atoms with van der Waals surface area (Å²) in [5, 5.41) is 10.6. The van der Waals surface area contributed by atoms with Gasteiger partial charge in [-0.2, -0.15) is 0 Å². The number of aliphatic hydroxyl groups is 1. The van der Waals surface area contributed by atoms with Crippen LogP contribution in [0.4, 0.5) is 0 Å². The van der Waals surface area contributed by atoms with E-state index in [2.05, 4.69) is 30.3 Å². The third kappa shape index (κ3) is 4.85. The lowest BCUT2D eigenvalue weighted by molar-refractivity contribution is -0.932. The molecule has 150 valence electrons. The van der Waals surface area contributed by atoms with Gasteiger partial charge in [-0.15, -0.1) is 0 Å². The van der Waals surface area contributed by atoms with Crippen molar-refractivity contribution in [1.29, 1.82) is 0 Å². The first-order valence-electron chi connectivity index (χ1n) is 10.3. The first kappa shape index (κ1) is 19.2. The van der Waals surface area contributed by atoms with E-state index < -0.39 is 6.10 Å². The maximum Gasteiger partial charge on any atom is 0.161 e. The summed E-state index contributed by atoms with van der Waals surface area (Å²) in [5.41, 5.74) is 1.34. The summed E-state index contributed by atoms with van der Waals surface area (Å²) >= 11 is 0. The van der Waals surface area contributed by atoms with Crippen molar-refractivity contribution in [1.82, 2.24) is 0 Å². The molecule has 5 nitrogen and oxygen atoms in total. The SMILES string of the molecule is O[C@@H](COC[C@@H]1COc2ccccc2O1)C[N+]1(Cc2ccccc2)CCCC1. The van der Waals surface area contributed by atoms with Crippen molar-refractivity contribution in [2.24, 2.45) is 0 Å². The molecular weight excluding hydrogens is 354 g/mol. The number of rotatable bonds is 8. The normalized spacial score (nSPS) is 21.4. The largest absolute Gasteiger partial charge is 0.486 e. The zero-order valence-corrected chi connectivity index (χ0v) is 16.3. The maximum absolute atomic E-state index is 10.6. The number of para-hydroxylation sites is 2. The molecule has 1 N–H and O–H groups in total. The van der Waals surface area contributed by atoms with Crippen LogP contribution in [-0.2, 0) is 11.3 Å². The second-order valence-electron chi connectivity index (χ2n) is 8.01. The highest BCUT2D eigenvalue weighted by Gasteiger charge is 2.34. The molecule has 5 heteroatoms. The number of benzene rings is 2. The standard InChI is InChI=1S/C23H30NO4/c25-20(15-24(12-6-7-13-24)14-19-8-2-1-3-9-19)16-26-17-21-18-27-22-10-4-5-11-23(22)28-21/h1-5,8-11,20-21,25H,6-7,12-18H2/q+1/t20-,21-/m1/s1. The Kier molecular flexibility index (Phi) is 6.15. The summed E-state index contributed by atoms with van der Waals surface area (Å²) in [7, 11) is 0. The molecule has 2 atom stereocenters. The Morgan fingerprint density at radius 3 is 2.50 bits per heavy atom. The van der Waals surface area contributed by atoms with Crippen molar-refractivity contribution in [3.05, 3.63) is 60.2 Å². The third-order valence-corrected chi connectivity index (χ3v) is 5.66. The van der Waals surface area contributed by atoms with Crippen molar-refractivity contribution in [3.63, 3.8) is 0 Å². The van der Waals surface area contributed by atoms with Gasteiger partial charge < -0.3 is 23.8 Å². The molecule has 28 heavy (non-hydrogen) atoms. The van der Waals surface area contributed by atoms with Crippen molar-refractivity contribution < 1.29 is 23.8 Å². The summed E-state index contributed by atoms with van der Waals surface area (Å²) in [6, 6.07) is 18.3. The molecule has 0 unspecified atom stereocenters. The lowest BCUT2D eigenvalue weighted by Crippen LogP contribution is -2.50. The Balaban J connectivity index is 1.25. The Morgan fingerprint density at radius 2 is 1.71 bits per heavy atom. The van der Waals surface area contributed by atoms with Gasteiger partial charge in [-0.25, -0.2) is 0 Å². The van der Waals surface area contributed by atoms with Gasteiger partial charge in [0.25, 0.3) is 0 Å². The van der Waals surface area contributed by atoms with Crippen LogP contribution in [0.25, 0.3) is 0 Å². The predicted molar refractivity (Wildman–Crippen MR) is 107 cm³/mol. The monoisotopic (exact) mass is 384 g/mol. The van der Waals surface area contributed by atoms with Crippen LogP contribution in [0.2, 0.25) is 0 Å². The molecule has 2 heterocycles. The van der Waals surface area contributed by atoms with E-state index in [9.17, 15) is 5.11 Å². The van der Waals surface area contributed by atoms with E-state index in [1.54, 1.807) is 0 Å². The molecule has 2 aromatic rings. The quantitative estimate of drug-likeness (QED) is 0.711. The van der Waals surface area contributed by atoms with Gasteiger partial charge >= 0.3 is 0 Å². The van der Waals surface area contributed by atoms with Gasteiger partial charge in [0.05, 0.1) is 26.3 Å². The molecule has 0 amide bonds. The van der Waals surface area contributed by atoms with Crippen LogP contribution < -0.4 is 9.47 Å². The second kappa shape index (κ2) is 8.95. The van der Waals surface area contributed by atoms with Gasteiger partial charge in [-0.05, 0) is 12.1 Å². The Hall–Kier alpha value is -2.08. The van der Waals surface area contributed by atoms with Crippen LogP contribution in [0.5, 0.6) is 11.5 Å². The van der Waals surface area contributed by atoms with E-state index in [1.165, 1.54) is 18.4 Å². The fraction of sp³-hybridized carbons (Fsp3) is 0.478. The molecular formula is C23H30NO4+. The Bertz CT molecular complexity index is 745. The molecule has 0 aliphatic carbocycles. The number of nitrogens with zero attached hydrogens (tertiary/aromatic N) is 1. The van der Waals surface area contributed by atoms with Crippen molar-refractivity contribution in [2.75, 3.05) is 39.5 Å². The summed E-state index contributed by atoms with van der Waals surface area (Å²) in [6.07, 6.45) is 1.85. The number of ether oxygens (including phenoxy) is 3. The minimum absolute atomic E-state index is 0.138. The number of hydrogen-bond donors (Lipinski definition) is 1. The van der Waals surface area contributed by atoms with E-state index in [1.807, 2.05) is 24.3 Å². The minimum atomic E-state index is -0.474. The van der Waals surface area contributed by atoms with Crippen LogP contribution in [0.1, 0.15) is 18.4 Å². The molecule has 0 radical (unpaired) electrons. The van der Waals surface area contributed by atoms with E-state index >= 15 is 0 Å². The third-order valence-electron chi connectivity index (χ3n) is 5.66. The van der Waals surface area contributed by atoms with E-state index in [0.29, 0.717) is 19.8 Å². The molecule has 0 saturated carbocycles. The number of hydrogen-bond acceptors (Lipinski definition) is 4. The van der Waals surface area contributed by atoms with E-state index in [4.69, 9.17) is 14.2 Å². The molecule has 2 aliphatic heterocycles. The molecule has 4 rings (SSSR count). The average molecular weight is 384 g/mol. The minimum Gasteiger partial charge on any atom is -0.486 e. The highest BCUT2D eigenvalue weighted by Crippen LogP contribution is 2.31. The predicted octanol–water partition coefficient (Wildman–Crippen LogP) is 3.01. The van der Waals surface area contributed by atoms with Crippen molar-refractivity contribution in [3.8, 4) is 11.5 Å². The van der Waals surface area contributed by atoms with Crippen molar-refractivity contribution >= 4 is 0 Å². The van der Waals surface area contributed by atoms with Gasteiger partial charge in [-0.3, -0.25) is 0 Å². The Labute approximate surface area is 167 Å². The zero-order valence-electron chi connectivity index (χ0n) is 16.3. The van der Waals surface area contributed by atoms with E-state index in [0.717, 1.165) is 42.2 Å². The smallest absolute Gasteiger partial charge is 0.161 e. The fourth-order valence-electron chi connectivity index (χ4n) is 4.36. The van der Waals surface area contributed by atoms with Gasteiger partial charge in [0.2, 0.25) is 0 Å². The molecule has 0 spiro atoms. The van der Waals surface area contributed by atoms with Crippen LogP contribution in [0, 0.1) is 0 Å². The lowest BCUT2D eigenvalue weighted by Gasteiger charge is -2.36. The average Bonchev–Trinajstić information content (AvgIpc) is 3.16. The molecule has 0 aromatic heterocycles. The summed E-state index contributed by atoms with van der Waals surface area (Å²) in [4.78, 5) is 0. The molecule has 1 saturated heterocycles. The number of aliphatic hydroxyl groups excluding tert-OH is 1. The van der Waals surface area contributed by atoms with Gasteiger partial charge in [0.1, 0.15) is 25.8 Å². The van der Waals surface area contributed by atoms with Crippen LogP contribution in [0.3, 0.4) is 0 Å². The second-order valence-corrected chi connectivity index (χ2v) is 8.01. The fourth-order valence-corrected chi connectivity index (χ4v) is 4.36. The Morgan fingerprint density at radius 1 is 1.00 bits per heavy atom. The maximum atomic E-state index is 10.6.